The van der Waals surface area contributed by atoms with E-state index < -0.39 is 0 Å². The van der Waals surface area contributed by atoms with Crippen molar-refractivity contribution in [3.63, 3.8) is 0 Å². The lowest BCUT2D eigenvalue weighted by Crippen LogP contribution is -2.52. The highest BCUT2D eigenvalue weighted by Crippen LogP contribution is 2.36. The number of piperidine rings is 1. The third-order valence-electron chi connectivity index (χ3n) is 5.29. The van der Waals surface area contributed by atoms with Gasteiger partial charge in [-0.25, -0.2) is 0 Å². The molecule has 0 radical (unpaired) electrons. The van der Waals surface area contributed by atoms with Crippen molar-refractivity contribution in [2.24, 2.45) is 17.8 Å². The Balaban J connectivity index is 1.89. The van der Waals surface area contributed by atoms with Crippen LogP contribution in [0.1, 0.15) is 47.0 Å². The van der Waals surface area contributed by atoms with E-state index in [2.05, 4.69) is 37.9 Å². The molecular formula is C15H30N2. The van der Waals surface area contributed by atoms with Crippen molar-refractivity contribution in [2.45, 2.75) is 59.0 Å². The summed E-state index contributed by atoms with van der Waals surface area (Å²) in [6.07, 6.45) is 4.21. The summed E-state index contributed by atoms with van der Waals surface area (Å²) in [4.78, 5) is 2.78. The Morgan fingerprint density at radius 1 is 1.06 bits per heavy atom. The summed E-state index contributed by atoms with van der Waals surface area (Å²) in [5.74, 6) is 2.64. The topological polar surface area (TPSA) is 15.3 Å². The molecule has 5 unspecified atom stereocenters. The molecule has 2 rings (SSSR count). The molecular weight excluding hydrogens is 208 g/mol. The van der Waals surface area contributed by atoms with Crippen molar-refractivity contribution in [3.05, 3.63) is 0 Å². The van der Waals surface area contributed by atoms with Gasteiger partial charge >= 0.3 is 0 Å². The van der Waals surface area contributed by atoms with Crippen LogP contribution < -0.4 is 5.32 Å². The number of rotatable bonds is 3. The number of nitrogens with zero attached hydrogens (tertiary/aromatic N) is 1. The molecule has 1 saturated heterocycles. The Kier molecular flexibility index (Phi) is 4.48. The molecule has 0 aromatic heterocycles. The third kappa shape index (κ3) is 2.85. The first-order valence-corrected chi connectivity index (χ1v) is 7.61. The molecule has 2 nitrogen and oxygen atoms in total. The quantitative estimate of drug-likeness (QED) is 0.813. The molecule has 17 heavy (non-hydrogen) atoms. The summed E-state index contributed by atoms with van der Waals surface area (Å²) in [5, 5.41) is 3.64. The van der Waals surface area contributed by atoms with Crippen LogP contribution >= 0.6 is 0 Å². The van der Waals surface area contributed by atoms with E-state index in [1.165, 1.54) is 32.4 Å². The minimum atomic E-state index is 0.755. The summed E-state index contributed by atoms with van der Waals surface area (Å²) in [7, 11) is 0. The van der Waals surface area contributed by atoms with Crippen LogP contribution in [-0.4, -0.2) is 36.6 Å². The first-order chi connectivity index (χ1) is 8.13. The van der Waals surface area contributed by atoms with Gasteiger partial charge in [0, 0.05) is 18.6 Å². The maximum absolute atomic E-state index is 3.64. The fourth-order valence-electron chi connectivity index (χ4n) is 3.90. The van der Waals surface area contributed by atoms with Gasteiger partial charge in [-0.2, -0.15) is 0 Å². The van der Waals surface area contributed by atoms with Crippen LogP contribution in [0.25, 0.3) is 0 Å². The van der Waals surface area contributed by atoms with Crippen LogP contribution in [0.3, 0.4) is 0 Å². The molecule has 1 N–H and O–H groups in total. The molecule has 0 amide bonds. The molecule has 100 valence electrons. The van der Waals surface area contributed by atoms with E-state index in [-0.39, 0.29) is 0 Å². The van der Waals surface area contributed by atoms with Crippen molar-refractivity contribution in [1.29, 1.82) is 0 Å². The van der Waals surface area contributed by atoms with Crippen molar-refractivity contribution in [1.82, 2.24) is 10.2 Å². The van der Waals surface area contributed by atoms with Gasteiger partial charge in [-0.15, -0.1) is 0 Å². The van der Waals surface area contributed by atoms with E-state index in [0.29, 0.717) is 0 Å². The number of likely N-dealkylation sites (tertiary alicyclic amines) is 1. The molecule has 2 aliphatic rings. The van der Waals surface area contributed by atoms with Crippen molar-refractivity contribution < 1.29 is 0 Å². The lowest BCUT2D eigenvalue weighted by atomic mass is 9.90. The normalized spacial score (nSPS) is 44.1. The second kappa shape index (κ2) is 5.71. The monoisotopic (exact) mass is 238 g/mol. The first kappa shape index (κ1) is 13.4. The minimum absolute atomic E-state index is 0.755. The molecule has 0 bridgehead atoms. The highest BCUT2D eigenvalue weighted by atomic mass is 15.2. The predicted octanol–water partition coefficient (Wildman–Crippen LogP) is 2.74. The number of nitrogens with one attached hydrogen (secondary N) is 1. The van der Waals surface area contributed by atoms with Crippen molar-refractivity contribution in [3.8, 4) is 0 Å². The Morgan fingerprint density at radius 2 is 1.82 bits per heavy atom. The van der Waals surface area contributed by atoms with Gasteiger partial charge in [0.15, 0.2) is 0 Å². The zero-order valence-electron chi connectivity index (χ0n) is 12.1. The first-order valence-electron chi connectivity index (χ1n) is 7.61. The minimum Gasteiger partial charge on any atom is -0.314 e. The van der Waals surface area contributed by atoms with Crippen LogP contribution in [0.5, 0.6) is 0 Å². The van der Waals surface area contributed by atoms with Crippen LogP contribution in [0, 0.1) is 17.8 Å². The second-order valence-corrected chi connectivity index (χ2v) is 6.41. The fraction of sp³-hybridized carbons (Fsp3) is 1.00. The molecule has 0 aromatic carbocycles. The van der Waals surface area contributed by atoms with E-state index >= 15 is 0 Å². The summed E-state index contributed by atoms with van der Waals surface area (Å²) in [5.41, 5.74) is 0. The Hall–Kier alpha value is -0.0800. The maximum atomic E-state index is 3.64. The van der Waals surface area contributed by atoms with Gasteiger partial charge < -0.3 is 5.32 Å². The van der Waals surface area contributed by atoms with Gasteiger partial charge in [0.25, 0.3) is 0 Å². The highest BCUT2D eigenvalue weighted by Gasteiger charge is 2.37. The van der Waals surface area contributed by atoms with Crippen LogP contribution in [0.4, 0.5) is 0 Å². The molecule has 2 fully saturated rings. The average molecular weight is 238 g/mol. The predicted molar refractivity (Wildman–Crippen MR) is 74.2 cm³/mol. The summed E-state index contributed by atoms with van der Waals surface area (Å²) < 4.78 is 0. The number of hydrogen-bond acceptors (Lipinski definition) is 2. The van der Waals surface area contributed by atoms with E-state index in [1.54, 1.807) is 0 Å². The molecule has 0 aromatic rings. The number of hydrogen-bond donors (Lipinski definition) is 1. The van der Waals surface area contributed by atoms with Gasteiger partial charge in [-0.1, -0.05) is 27.7 Å². The van der Waals surface area contributed by atoms with Crippen LogP contribution in [-0.2, 0) is 0 Å². The van der Waals surface area contributed by atoms with Crippen LogP contribution in [0.15, 0.2) is 0 Å². The van der Waals surface area contributed by atoms with E-state index in [4.69, 9.17) is 0 Å². The third-order valence-corrected chi connectivity index (χ3v) is 5.29. The standard InChI is InChI=1S/C15H30N2/c1-5-16-14-8-9-17(10-12(14)3)15-7-6-11(2)13(15)4/h11-16H,5-10H2,1-4H3. The Morgan fingerprint density at radius 3 is 2.35 bits per heavy atom. The molecule has 5 atom stereocenters. The van der Waals surface area contributed by atoms with Gasteiger partial charge in [0.05, 0.1) is 0 Å². The van der Waals surface area contributed by atoms with Gasteiger partial charge in [-0.3, -0.25) is 4.90 Å². The zero-order chi connectivity index (χ0) is 12.4. The highest BCUT2D eigenvalue weighted by molar-refractivity contribution is 4.91. The van der Waals surface area contributed by atoms with E-state index in [9.17, 15) is 0 Å². The molecule has 1 saturated carbocycles. The van der Waals surface area contributed by atoms with Gasteiger partial charge in [0.2, 0.25) is 0 Å². The van der Waals surface area contributed by atoms with Crippen molar-refractivity contribution >= 4 is 0 Å². The second-order valence-electron chi connectivity index (χ2n) is 6.41. The van der Waals surface area contributed by atoms with E-state index in [1.807, 2.05) is 0 Å². The molecule has 1 aliphatic carbocycles. The molecule has 2 heteroatoms. The van der Waals surface area contributed by atoms with E-state index in [0.717, 1.165) is 36.4 Å². The molecule has 1 heterocycles. The Labute approximate surface area is 107 Å². The lowest BCUT2D eigenvalue weighted by Gasteiger charge is -2.42. The fourth-order valence-corrected chi connectivity index (χ4v) is 3.90. The Bertz CT molecular complexity index is 241. The summed E-state index contributed by atoms with van der Waals surface area (Å²) in [6, 6.07) is 1.63. The largest absolute Gasteiger partial charge is 0.314 e. The molecule has 0 spiro atoms. The van der Waals surface area contributed by atoms with Crippen molar-refractivity contribution in [2.75, 3.05) is 19.6 Å². The van der Waals surface area contributed by atoms with Crippen LogP contribution in [0.2, 0.25) is 0 Å². The van der Waals surface area contributed by atoms with Gasteiger partial charge in [0.1, 0.15) is 0 Å². The lowest BCUT2D eigenvalue weighted by molar-refractivity contribution is 0.0838. The SMILES string of the molecule is CCNC1CCN(C2CCC(C)C2C)CC1C. The average Bonchev–Trinajstić information content (AvgIpc) is 2.63. The summed E-state index contributed by atoms with van der Waals surface area (Å²) >= 11 is 0. The maximum Gasteiger partial charge on any atom is 0.0124 e. The smallest absolute Gasteiger partial charge is 0.0124 e. The zero-order valence-corrected chi connectivity index (χ0v) is 12.1. The molecule has 1 aliphatic heterocycles. The van der Waals surface area contributed by atoms with Gasteiger partial charge in [-0.05, 0) is 50.1 Å². The summed E-state index contributed by atoms with van der Waals surface area (Å²) in [6.45, 7) is 13.3.